The maximum atomic E-state index is 13.6. The van der Waals surface area contributed by atoms with Gasteiger partial charge in [0, 0.05) is 19.3 Å². The zero-order valence-corrected chi connectivity index (χ0v) is 23.3. The van der Waals surface area contributed by atoms with E-state index in [9.17, 15) is 14.4 Å². The van der Waals surface area contributed by atoms with E-state index in [-0.39, 0.29) is 32.4 Å². The Kier molecular flexibility index (Phi) is 10.8. The Balaban J connectivity index is 0.00000462. The van der Waals surface area contributed by atoms with Crippen LogP contribution in [0.15, 0.2) is 67.1 Å². The van der Waals surface area contributed by atoms with Gasteiger partial charge in [-0.05, 0) is 50.3 Å². The largest absolute Gasteiger partial charge is 0.374 e. The van der Waals surface area contributed by atoms with Gasteiger partial charge in [-0.2, -0.15) is 0 Å². The number of carbonyl (C=O) groups is 3. The first-order chi connectivity index (χ1) is 19.1. The van der Waals surface area contributed by atoms with E-state index in [4.69, 9.17) is 10.5 Å². The number of rotatable bonds is 11. The molecule has 10 nitrogen and oxygen atoms in total. The second-order valence-corrected chi connectivity index (χ2v) is 10.7. The van der Waals surface area contributed by atoms with Crippen molar-refractivity contribution in [1.82, 2.24) is 19.8 Å². The highest BCUT2D eigenvalue weighted by Crippen LogP contribution is 2.27. The summed E-state index contributed by atoms with van der Waals surface area (Å²) in [7, 11) is 0. The van der Waals surface area contributed by atoms with Gasteiger partial charge in [-0.3, -0.25) is 14.4 Å². The molecule has 0 bridgehead atoms. The second-order valence-electron chi connectivity index (χ2n) is 10.7. The van der Waals surface area contributed by atoms with Gasteiger partial charge in [0.1, 0.15) is 12.1 Å². The fourth-order valence-corrected chi connectivity index (χ4v) is 4.58. The summed E-state index contributed by atoms with van der Waals surface area (Å²) in [4.78, 5) is 45.7. The van der Waals surface area contributed by atoms with Crippen LogP contribution in [0.1, 0.15) is 56.8 Å². The van der Waals surface area contributed by atoms with Gasteiger partial charge in [0.2, 0.25) is 11.8 Å². The van der Waals surface area contributed by atoms with Crippen molar-refractivity contribution in [2.45, 2.75) is 65.3 Å². The van der Waals surface area contributed by atoms with E-state index in [1.165, 1.54) is 0 Å². The first-order valence-corrected chi connectivity index (χ1v) is 13.5. The van der Waals surface area contributed by atoms with E-state index < -0.39 is 29.4 Å². The summed E-state index contributed by atoms with van der Waals surface area (Å²) < 4.78 is 7.49. The molecule has 0 aliphatic carbocycles. The molecule has 0 spiro atoms. The number of aromatic nitrogens is 2. The maximum Gasteiger partial charge on any atom is 0.250 e. The molecule has 1 saturated heterocycles. The van der Waals surface area contributed by atoms with E-state index in [2.05, 4.69) is 15.6 Å². The van der Waals surface area contributed by atoms with Crippen LogP contribution in [0.4, 0.5) is 5.82 Å². The minimum atomic E-state index is -1.18. The minimum absolute atomic E-state index is 0. The summed E-state index contributed by atoms with van der Waals surface area (Å²) in [6.07, 6.45) is 5.15. The molecule has 1 fully saturated rings. The van der Waals surface area contributed by atoms with E-state index in [1.54, 1.807) is 30.9 Å². The third-order valence-electron chi connectivity index (χ3n) is 6.89. The van der Waals surface area contributed by atoms with Crippen molar-refractivity contribution in [2.24, 2.45) is 5.73 Å². The zero-order chi connectivity index (χ0) is 28.7. The summed E-state index contributed by atoms with van der Waals surface area (Å²) in [6, 6.07) is 15.7. The van der Waals surface area contributed by atoms with Crippen molar-refractivity contribution >= 4 is 23.5 Å². The predicted molar refractivity (Wildman–Crippen MR) is 159 cm³/mol. The summed E-state index contributed by atoms with van der Waals surface area (Å²) in [5.41, 5.74) is 7.57. The van der Waals surface area contributed by atoms with Crippen molar-refractivity contribution in [3.05, 3.63) is 83.8 Å². The van der Waals surface area contributed by atoms with Gasteiger partial charge in [-0.25, -0.2) is 4.98 Å². The number of nitrogens with one attached hydrogen (secondary N) is 2. The molecular weight excluding hydrogens is 520 g/mol. The molecular formula is C31H42N6O4. The molecule has 4 rings (SSSR count). The number of carbonyl (C=O) groups excluding carboxylic acids is 3. The number of benzene rings is 2. The highest BCUT2D eigenvalue weighted by atomic mass is 16.5. The van der Waals surface area contributed by atoms with Gasteiger partial charge in [-0.15, -0.1) is 0 Å². The number of imidazole rings is 1. The zero-order valence-electron chi connectivity index (χ0n) is 23.3. The monoisotopic (exact) mass is 562 g/mol. The number of nitrogens with zero attached hydrogens (tertiary/aromatic N) is 3. The Labute approximate surface area is 242 Å². The molecule has 41 heavy (non-hydrogen) atoms. The fourth-order valence-electron chi connectivity index (χ4n) is 4.58. The molecule has 3 amide bonds. The lowest BCUT2D eigenvalue weighted by Gasteiger charge is -2.25. The average Bonchev–Trinajstić information content (AvgIpc) is 3.62. The smallest absolute Gasteiger partial charge is 0.250 e. The van der Waals surface area contributed by atoms with Gasteiger partial charge in [0.15, 0.2) is 5.82 Å². The molecule has 2 atom stereocenters. The van der Waals surface area contributed by atoms with Crippen LogP contribution >= 0.6 is 0 Å². The summed E-state index contributed by atoms with van der Waals surface area (Å²) >= 11 is 0. The Morgan fingerprint density at radius 2 is 1.71 bits per heavy atom. The second kappa shape index (κ2) is 14.0. The van der Waals surface area contributed by atoms with E-state index in [1.807, 2.05) is 66.4 Å². The maximum absolute atomic E-state index is 13.6. The third kappa shape index (κ3) is 8.25. The van der Waals surface area contributed by atoms with Crippen LogP contribution < -0.4 is 16.4 Å². The highest BCUT2D eigenvalue weighted by molar-refractivity contribution is 5.98. The van der Waals surface area contributed by atoms with Crippen LogP contribution in [0.3, 0.4) is 0 Å². The molecule has 2 heterocycles. The number of aryl methyl sites for hydroxylation is 1. The normalized spacial score (nSPS) is 14.6. The molecule has 3 aromatic rings. The summed E-state index contributed by atoms with van der Waals surface area (Å²) in [5, 5.41) is 5.45. The first kappa shape index (κ1) is 31.5. The number of ether oxygens (including phenoxy) is 1. The molecule has 0 saturated carbocycles. The van der Waals surface area contributed by atoms with Crippen LogP contribution in [-0.4, -0.2) is 63.4 Å². The Morgan fingerprint density at radius 3 is 2.37 bits per heavy atom. The lowest BCUT2D eigenvalue weighted by atomic mass is 10.00. The number of hydrogen-bond acceptors (Lipinski definition) is 6. The lowest BCUT2D eigenvalue weighted by Crippen LogP contribution is -2.56. The van der Waals surface area contributed by atoms with Crippen LogP contribution in [0.25, 0.3) is 0 Å². The summed E-state index contributed by atoms with van der Waals surface area (Å²) in [5.74, 6) is -0.745. The van der Waals surface area contributed by atoms with Gasteiger partial charge in [0.05, 0.1) is 25.1 Å². The van der Waals surface area contributed by atoms with Crippen LogP contribution in [0.5, 0.6) is 0 Å². The van der Waals surface area contributed by atoms with Crippen molar-refractivity contribution in [3.8, 4) is 0 Å². The molecule has 1 aliphatic heterocycles. The molecule has 10 heteroatoms. The average molecular weight is 563 g/mol. The number of anilines is 1. The van der Waals surface area contributed by atoms with E-state index >= 15 is 0 Å². The highest BCUT2D eigenvalue weighted by Gasteiger charge is 2.31. The topological polar surface area (TPSA) is 132 Å². The molecule has 4 N–H and O–H groups in total. The van der Waals surface area contributed by atoms with Gasteiger partial charge in [0.25, 0.3) is 5.91 Å². The van der Waals surface area contributed by atoms with Crippen LogP contribution in [0, 0.1) is 6.92 Å². The molecule has 2 aromatic carbocycles. The Morgan fingerprint density at radius 1 is 1.05 bits per heavy atom. The standard InChI is InChI=1S/C30H38N6O4.CH4/c1-21-11-7-8-14-23(21)26(28(38)35-15-9-10-16-35)36-17-25(32-20-36)34-27(37)24(33-29(39)30(2,3)31)19-40-18-22-12-5-4-6-13-22;/h4-8,11-14,17,20,24,26H,9-10,15-16,18-19,31H2,1-3H3,(H,33,39)(H,34,37);1H4/t24-,26?;/m1./s1. The van der Waals surface area contributed by atoms with Crippen LogP contribution in [-0.2, 0) is 25.7 Å². The van der Waals surface area contributed by atoms with Gasteiger partial charge >= 0.3 is 0 Å². The third-order valence-corrected chi connectivity index (χ3v) is 6.89. The van der Waals surface area contributed by atoms with E-state index in [0.29, 0.717) is 0 Å². The quantitative estimate of drug-likeness (QED) is 0.328. The number of likely N-dealkylation sites (tertiary alicyclic amines) is 1. The summed E-state index contributed by atoms with van der Waals surface area (Å²) in [6.45, 7) is 6.75. The van der Waals surface area contributed by atoms with Crippen molar-refractivity contribution in [3.63, 3.8) is 0 Å². The Bertz CT molecular complexity index is 1310. The predicted octanol–water partition coefficient (Wildman–Crippen LogP) is 3.42. The van der Waals surface area contributed by atoms with Crippen LogP contribution in [0.2, 0.25) is 0 Å². The first-order valence-electron chi connectivity index (χ1n) is 13.5. The van der Waals surface area contributed by atoms with Crippen molar-refractivity contribution in [1.29, 1.82) is 0 Å². The van der Waals surface area contributed by atoms with E-state index in [0.717, 1.165) is 42.6 Å². The Hall–Kier alpha value is -4.02. The SMILES string of the molecule is C.Cc1ccccc1C(C(=O)N1CCCC1)n1cnc(NC(=O)[C@@H](COCc2ccccc2)NC(=O)C(C)(C)N)c1. The molecule has 220 valence electrons. The number of nitrogens with two attached hydrogens (primary N) is 1. The van der Waals surface area contributed by atoms with Gasteiger partial charge in [-0.1, -0.05) is 62.0 Å². The lowest BCUT2D eigenvalue weighted by molar-refractivity contribution is -0.132. The minimum Gasteiger partial charge on any atom is -0.374 e. The number of hydrogen-bond donors (Lipinski definition) is 3. The molecule has 0 radical (unpaired) electrons. The number of amides is 3. The fraction of sp³-hybridized carbons (Fsp3) is 0.419. The van der Waals surface area contributed by atoms with Gasteiger partial charge < -0.3 is 30.6 Å². The molecule has 1 unspecified atom stereocenters. The molecule has 1 aliphatic rings. The van der Waals surface area contributed by atoms with Crippen molar-refractivity contribution < 1.29 is 19.1 Å². The van der Waals surface area contributed by atoms with Crippen molar-refractivity contribution in [2.75, 3.05) is 25.0 Å². The molecule has 1 aromatic heterocycles.